The standard InChI is InChI=1S/C31H36O5/c1-6-18-35-27-17-16-25(20-28(27)32-3)14-12-23-8-10-24(11-9-23)13-15-26-21-29(33-4)31(36-19-7-2)30(22-26)34-5/h8-17,20-22H,6-7,18-19H2,1-5H3/b14-12+,15-13+. The lowest BCUT2D eigenvalue weighted by Gasteiger charge is -2.15. The van der Waals surface area contributed by atoms with Gasteiger partial charge in [-0.1, -0.05) is 68.5 Å². The minimum absolute atomic E-state index is 0.606. The summed E-state index contributed by atoms with van der Waals surface area (Å²) in [6, 6.07) is 18.2. The Morgan fingerprint density at radius 2 is 0.944 bits per heavy atom. The zero-order valence-corrected chi connectivity index (χ0v) is 21.9. The van der Waals surface area contributed by atoms with E-state index < -0.39 is 0 Å². The molecule has 0 bridgehead atoms. The molecule has 0 unspecified atom stereocenters. The minimum atomic E-state index is 0.606. The van der Waals surface area contributed by atoms with Gasteiger partial charge in [-0.15, -0.1) is 0 Å². The highest BCUT2D eigenvalue weighted by molar-refractivity contribution is 5.75. The average Bonchev–Trinajstić information content (AvgIpc) is 2.93. The van der Waals surface area contributed by atoms with Crippen LogP contribution < -0.4 is 23.7 Å². The van der Waals surface area contributed by atoms with Gasteiger partial charge in [0.05, 0.1) is 34.5 Å². The predicted octanol–water partition coefficient (Wildman–Crippen LogP) is 7.63. The lowest BCUT2D eigenvalue weighted by Crippen LogP contribution is -2.00. The molecule has 5 heteroatoms. The van der Waals surface area contributed by atoms with E-state index in [0.29, 0.717) is 30.5 Å². The summed E-state index contributed by atoms with van der Waals surface area (Å²) in [5.74, 6) is 3.46. The fourth-order valence-electron chi connectivity index (χ4n) is 3.57. The highest BCUT2D eigenvalue weighted by atomic mass is 16.5. The molecule has 36 heavy (non-hydrogen) atoms. The van der Waals surface area contributed by atoms with Crippen molar-refractivity contribution in [1.29, 1.82) is 0 Å². The molecule has 0 aliphatic rings. The SMILES string of the molecule is CCCOc1ccc(/C=C/c2ccc(/C=C/c3cc(OC)c(OCCC)c(OC)c3)cc2)cc1OC. The van der Waals surface area contributed by atoms with Crippen LogP contribution in [0.25, 0.3) is 24.3 Å². The van der Waals surface area contributed by atoms with Crippen LogP contribution in [-0.2, 0) is 0 Å². The molecular weight excluding hydrogens is 452 g/mol. The lowest BCUT2D eigenvalue weighted by molar-refractivity contribution is 0.275. The molecule has 0 aromatic heterocycles. The predicted molar refractivity (Wildman–Crippen MR) is 148 cm³/mol. The minimum Gasteiger partial charge on any atom is -0.493 e. The monoisotopic (exact) mass is 488 g/mol. The van der Waals surface area contributed by atoms with Crippen molar-refractivity contribution in [3.05, 3.63) is 76.9 Å². The number of hydrogen-bond donors (Lipinski definition) is 0. The number of methoxy groups -OCH3 is 3. The van der Waals surface area contributed by atoms with Crippen LogP contribution in [0.1, 0.15) is 48.9 Å². The molecule has 0 aliphatic carbocycles. The summed E-state index contributed by atoms with van der Waals surface area (Å²) in [5, 5.41) is 0. The van der Waals surface area contributed by atoms with Gasteiger partial charge in [0.2, 0.25) is 5.75 Å². The molecule has 3 rings (SSSR count). The Hall–Kier alpha value is -3.86. The van der Waals surface area contributed by atoms with Gasteiger partial charge in [-0.2, -0.15) is 0 Å². The summed E-state index contributed by atoms with van der Waals surface area (Å²) in [5.41, 5.74) is 4.22. The van der Waals surface area contributed by atoms with Crippen molar-refractivity contribution in [3.8, 4) is 28.7 Å². The molecule has 0 fully saturated rings. The molecule has 0 amide bonds. The van der Waals surface area contributed by atoms with Gasteiger partial charge in [-0.3, -0.25) is 0 Å². The summed E-state index contributed by atoms with van der Waals surface area (Å²) in [4.78, 5) is 0. The molecule has 190 valence electrons. The lowest BCUT2D eigenvalue weighted by atomic mass is 10.1. The van der Waals surface area contributed by atoms with Crippen molar-refractivity contribution < 1.29 is 23.7 Å². The van der Waals surface area contributed by atoms with Crippen LogP contribution in [0.3, 0.4) is 0 Å². The Labute approximate surface area is 214 Å². The Balaban J connectivity index is 1.70. The largest absolute Gasteiger partial charge is 0.493 e. The van der Waals surface area contributed by atoms with Crippen LogP contribution in [0.4, 0.5) is 0 Å². The summed E-state index contributed by atoms with van der Waals surface area (Å²) in [6.45, 7) is 5.43. The number of hydrogen-bond acceptors (Lipinski definition) is 5. The van der Waals surface area contributed by atoms with Gasteiger partial charge in [0.25, 0.3) is 0 Å². The first-order chi connectivity index (χ1) is 17.6. The van der Waals surface area contributed by atoms with Gasteiger partial charge in [0, 0.05) is 0 Å². The smallest absolute Gasteiger partial charge is 0.203 e. The molecule has 5 nitrogen and oxygen atoms in total. The molecule has 0 atom stereocenters. The first kappa shape index (κ1) is 26.7. The summed E-state index contributed by atoms with van der Waals surface area (Å²) in [7, 11) is 4.94. The number of rotatable bonds is 13. The third kappa shape index (κ3) is 7.32. The van der Waals surface area contributed by atoms with E-state index in [0.717, 1.165) is 46.6 Å². The second-order valence-electron chi connectivity index (χ2n) is 8.20. The zero-order valence-electron chi connectivity index (χ0n) is 21.9. The molecule has 0 saturated heterocycles. The third-order valence-corrected chi connectivity index (χ3v) is 5.46. The molecule has 0 spiro atoms. The normalized spacial score (nSPS) is 11.1. The topological polar surface area (TPSA) is 46.2 Å². The maximum atomic E-state index is 5.83. The van der Waals surface area contributed by atoms with Crippen LogP contribution >= 0.6 is 0 Å². The van der Waals surface area contributed by atoms with Gasteiger partial charge in [0.1, 0.15) is 0 Å². The van der Waals surface area contributed by atoms with Gasteiger partial charge >= 0.3 is 0 Å². The maximum Gasteiger partial charge on any atom is 0.203 e. The van der Waals surface area contributed by atoms with Crippen LogP contribution in [-0.4, -0.2) is 34.5 Å². The van der Waals surface area contributed by atoms with Crippen LogP contribution in [0, 0.1) is 0 Å². The molecule has 3 aromatic carbocycles. The Morgan fingerprint density at radius 1 is 0.500 bits per heavy atom. The van der Waals surface area contributed by atoms with E-state index in [1.54, 1.807) is 21.3 Å². The fraction of sp³-hybridized carbons (Fsp3) is 0.290. The summed E-state index contributed by atoms with van der Waals surface area (Å²) >= 11 is 0. The quantitative estimate of drug-likeness (QED) is 0.231. The first-order valence-corrected chi connectivity index (χ1v) is 12.3. The molecule has 0 saturated carbocycles. The van der Waals surface area contributed by atoms with E-state index in [-0.39, 0.29) is 0 Å². The van der Waals surface area contributed by atoms with Crippen molar-refractivity contribution >= 4 is 24.3 Å². The number of ether oxygens (including phenoxy) is 5. The van der Waals surface area contributed by atoms with Crippen molar-refractivity contribution in [3.63, 3.8) is 0 Å². The van der Waals surface area contributed by atoms with Crippen LogP contribution in [0.15, 0.2) is 54.6 Å². The van der Waals surface area contributed by atoms with Crippen molar-refractivity contribution in [2.75, 3.05) is 34.5 Å². The molecule has 0 heterocycles. The highest BCUT2D eigenvalue weighted by Crippen LogP contribution is 2.39. The third-order valence-electron chi connectivity index (χ3n) is 5.46. The molecule has 3 aromatic rings. The van der Waals surface area contributed by atoms with Crippen molar-refractivity contribution in [2.24, 2.45) is 0 Å². The van der Waals surface area contributed by atoms with Gasteiger partial charge in [-0.25, -0.2) is 0 Å². The molecule has 0 radical (unpaired) electrons. The van der Waals surface area contributed by atoms with Crippen LogP contribution in [0.5, 0.6) is 28.7 Å². The molecule has 0 N–H and O–H groups in total. The zero-order chi connectivity index (χ0) is 25.8. The Morgan fingerprint density at radius 3 is 1.47 bits per heavy atom. The average molecular weight is 489 g/mol. The van der Waals surface area contributed by atoms with E-state index >= 15 is 0 Å². The van der Waals surface area contributed by atoms with E-state index in [2.05, 4.69) is 56.3 Å². The molecule has 0 aliphatic heterocycles. The maximum absolute atomic E-state index is 5.83. The van der Waals surface area contributed by atoms with Crippen molar-refractivity contribution in [2.45, 2.75) is 26.7 Å². The van der Waals surface area contributed by atoms with Gasteiger partial charge in [-0.05, 0) is 59.4 Å². The van der Waals surface area contributed by atoms with Crippen LogP contribution in [0.2, 0.25) is 0 Å². The summed E-state index contributed by atoms with van der Waals surface area (Å²) in [6.07, 6.45) is 10.1. The number of benzene rings is 3. The van der Waals surface area contributed by atoms with E-state index in [4.69, 9.17) is 23.7 Å². The van der Waals surface area contributed by atoms with E-state index in [1.807, 2.05) is 36.4 Å². The summed E-state index contributed by atoms with van der Waals surface area (Å²) < 4.78 is 28.1. The Kier molecular flexibility index (Phi) is 10.3. The van der Waals surface area contributed by atoms with Crippen molar-refractivity contribution in [1.82, 2.24) is 0 Å². The Bertz CT molecular complexity index is 1140. The second kappa shape index (κ2) is 13.9. The van der Waals surface area contributed by atoms with Gasteiger partial charge in [0.15, 0.2) is 23.0 Å². The van der Waals surface area contributed by atoms with Gasteiger partial charge < -0.3 is 23.7 Å². The first-order valence-electron chi connectivity index (χ1n) is 12.3. The second-order valence-corrected chi connectivity index (χ2v) is 8.20. The van der Waals surface area contributed by atoms with E-state index in [1.165, 1.54) is 0 Å². The highest BCUT2D eigenvalue weighted by Gasteiger charge is 2.13. The fourth-order valence-corrected chi connectivity index (χ4v) is 3.57. The molecular formula is C31H36O5. The van der Waals surface area contributed by atoms with E-state index in [9.17, 15) is 0 Å².